The van der Waals surface area contributed by atoms with Crippen LogP contribution in [0.2, 0.25) is 5.02 Å². The highest BCUT2D eigenvalue weighted by atomic mass is 35.5. The summed E-state index contributed by atoms with van der Waals surface area (Å²) in [5, 5.41) is 0.372. The van der Waals surface area contributed by atoms with Crippen molar-refractivity contribution in [3.8, 4) is 17.2 Å². The minimum atomic E-state index is -0.562. The Kier molecular flexibility index (Phi) is 6.08. The number of carbonyl (C=O) groups excluding carboxylic acids is 2. The van der Waals surface area contributed by atoms with E-state index in [-0.39, 0.29) is 11.1 Å². The first kappa shape index (κ1) is 18.4. The molecule has 2 rings (SSSR count). The number of hydrazine groups is 1. The van der Waals surface area contributed by atoms with Gasteiger partial charge in [0.25, 0.3) is 11.8 Å². The van der Waals surface area contributed by atoms with Gasteiger partial charge in [-0.15, -0.1) is 0 Å². The number of benzene rings is 2. The molecular weight excluding hydrogens is 348 g/mol. The standard InChI is InChI=1S/C17H17ClN2O5/c1-23-13-7-5-11(18)9-12(13)17(22)20-19-16(21)10-4-6-14(24-2)15(8-10)25-3/h4-9H,1-3H3,(H,19,21)(H,20,22). The average Bonchev–Trinajstić information content (AvgIpc) is 2.65. The van der Waals surface area contributed by atoms with E-state index in [2.05, 4.69) is 10.9 Å². The Morgan fingerprint density at radius 2 is 1.40 bits per heavy atom. The summed E-state index contributed by atoms with van der Waals surface area (Å²) in [5.41, 5.74) is 5.12. The van der Waals surface area contributed by atoms with Crippen LogP contribution in [0.5, 0.6) is 17.2 Å². The van der Waals surface area contributed by atoms with Gasteiger partial charge in [-0.1, -0.05) is 11.6 Å². The van der Waals surface area contributed by atoms with Gasteiger partial charge in [-0.3, -0.25) is 20.4 Å². The Labute approximate surface area is 149 Å². The summed E-state index contributed by atoms with van der Waals surface area (Å²) in [6.45, 7) is 0. The van der Waals surface area contributed by atoms with Crippen LogP contribution in [-0.2, 0) is 0 Å². The van der Waals surface area contributed by atoms with E-state index in [9.17, 15) is 9.59 Å². The third-order valence-electron chi connectivity index (χ3n) is 3.34. The van der Waals surface area contributed by atoms with Crippen molar-refractivity contribution in [2.24, 2.45) is 0 Å². The Morgan fingerprint density at radius 1 is 0.800 bits per heavy atom. The minimum absolute atomic E-state index is 0.197. The summed E-state index contributed by atoms with van der Waals surface area (Å²) in [4.78, 5) is 24.4. The molecule has 0 aromatic heterocycles. The molecule has 0 fully saturated rings. The monoisotopic (exact) mass is 364 g/mol. The van der Waals surface area contributed by atoms with Crippen LogP contribution in [0.3, 0.4) is 0 Å². The van der Waals surface area contributed by atoms with Crippen LogP contribution in [-0.4, -0.2) is 33.1 Å². The number of rotatable bonds is 5. The molecule has 2 aromatic carbocycles. The zero-order valence-corrected chi connectivity index (χ0v) is 14.6. The lowest BCUT2D eigenvalue weighted by atomic mass is 10.2. The predicted octanol–water partition coefficient (Wildman–Crippen LogP) is 2.44. The molecule has 0 atom stereocenters. The molecule has 2 N–H and O–H groups in total. The van der Waals surface area contributed by atoms with Gasteiger partial charge in [-0.25, -0.2) is 0 Å². The third-order valence-corrected chi connectivity index (χ3v) is 3.58. The Hall–Kier alpha value is -2.93. The molecule has 8 heteroatoms. The maximum Gasteiger partial charge on any atom is 0.273 e. The highest BCUT2D eigenvalue weighted by Gasteiger charge is 2.15. The number of halogens is 1. The molecule has 0 aliphatic heterocycles. The average molecular weight is 365 g/mol. The van der Waals surface area contributed by atoms with Crippen molar-refractivity contribution in [3.63, 3.8) is 0 Å². The summed E-state index contributed by atoms with van der Waals surface area (Å²) in [6.07, 6.45) is 0. The van der Waals surface area contributed by atoms with Crippen molar-refractivity contribution < 1.29 is 23.8 Å². The SMILES string of the molecule is COc1ccc(C(=O)NNC(=O)c2cc(Cl)ccc2OC)cc1OC. The summed E-state index contributed by atoms with van der Waals surface area (Å²) in [5.74, 6) is 0.149. The van der Waals surface area contributed by atoms with Crippen molar-refractivity contribution in [1.82, 2.24) is 10.9 Å². The lowest BCUT2D eigenvalue weighted by Crippen LogP contribution is -2.41. The minimum Gasteiger partial charge on any atom is -0.496 e. The molecular formula is C17H17ClN2O5. The fourth-order valence-electron chi connectivity index (χ4n) is 2.09. The van der Waals surface area contributed by atoms with Gasteiger partial charge in [0.15, 0.2) is 11.5 Å². The normalized spacial score (nSPS) is 9.92. The van der Waals surface area contributed by atoms with Crippen LogP contribution in [0.4, 0.5) is 0 Å². The topological polar surface area (TPSA) is 85.9 Å². The molecule has 25 heavy (non-hydrogen) atoms. The van der Waals surface area contributed by atoms with Crippen LogP contribution < -0.4 is 25.1 Å². The van der Waals surface area contributed by atoms with Gasteiger partial charge in [0.05, 0.1) is 26.9 Å². The molecule has 0 bridgehead atoms. The van der Waals surface area contributed by atoms with Crippen molar-refractivity contribution in [2.75, 3.05) is 21.3 Å². The van der Waals surface area contributed by atoms with Crippen molar-refractivity contribution in [2.45, 2.75) is 0 Å². The summed E-state index contributed by atoms with van der Waals surface area (Å²) < 4.78 is 15.4. The molecule has 0 saturated carbocycles. The highest BCUT2D eigenvalue weighted by Crippen LogP contribution is 2.27. The first-order chi connectivity index (χ1) is 12.0. The number of hydrogen-bond donors (Lipinski definition) is 2. The van der Waals surface area contributed by atoms with E-state index >= 15 is 0 Å². The number of hydrogen-bond acceptors (Lipinski definition) is 5. The lowest BCUT2D eigenvalue weighted by molar-refractivity contribution is 0.0844. The largest absolute Gasteiger partial charge is 0.496 e. The fourth-order valence-corrected chi connectivity index (χ4v) is 2.26. The molecule has 0 aliphatic rings. The number of carbonyl (C=O) groups is 2. The maximum absolute atomic E-state index is 12.2. The zero-order valence-electron chi connectivity index (χ0n) is 13.9. The second kappa shape index (κ2) is 8.25. The molecule has 2 aromatic rings. The Balaban J connectivity index is 2.09. The van der Waals surface area contributed by atoms with Gasteiger partial charge in [-0.2, -0.15) is 0 Å². The molecule has 0 aliphatic carbocycles. The quantitative estimate of drug-likeness (QED) is 0.796. The summed E-state index contributed by atoms with van der Waals surface area (Å²) >= 11 is 5.89. The Morgan fingerprint density at radius 3 is 2.04 bits per heavy atom. The van der Waals surface area contributed by atoms with Gasteiger partial charge in [-0.05, 0) is 36.4 Å². The molecule has 0 radical (unpaired) electrons. The van der Waals surface area contributed by atoms with Crippen LogP contribution in [0, 0.1) is 0 Å². The van der Waals surface area contributed by atoms with Crippen molar-refractivity contribution in [1.29, 1.82) is 0 Å². The van der Waals surface area contributed by atoms with E-state index in [1.807, 2.05) is 0 Å². The predicted molar refractivity (Wildman–Crippen MR) is 92.5 cm³/mol. The molecule has 132 valence electrons. The van der Waals surface area contributed by atoms with Gasteiger partial charge >= 0.3 is 0 Å². The molecule has 0 unspecified atom stereocenters. The number of amides is 2. The smallest absolute Gasteiger partial charge is 0.273 e. The van der Waals surface area contributed by atoms with Gasteiger partial charge < -0.3 is 14.2 Å². The number of nitrogens with one attached hydrogen (secondary N) is 2. The summed E-state index contributed by atoms with van der Waals surface area (Å²) in [7, 11) is 4.39. The molecule has 0 saturated heterocycles. The van der Waals surface area contributed by atoms with E-state index in [1.54, 1.807) is 24.3 Å². The van der Waals surface area contributed by atoms with Crippen LogP contribution in [0.15, 0.2) is 36.4 Å². The summed E-state index contributed by atoms with van der Waals surface area (Å²) in [6, 6.07) is 9.24. The van der Waals surface area contributed by atoms with Crippen molar-refractivity contribution in [3.05, 3.63) is 52.5 Å². The van der Waals surface area contributed by atoms with E-state index < -0.39 is 11.8 Å². The van der Waals surface area contributed by atoms with Gasteiger partial charge in [0.1, 0.15) is 5.75 Å². The second-order valence-corrected chi connectivity index (χ2v) is 5.26. The molecule has 0 heterocycles. The van der Waals surface area contributed by atoms with Crippen molar-refractivity contribution >= 4 is 23.4 Å². The van der Waals surface area contributed by atoms with Gasteiger partial charge in [0, 0.05) is 10.6 Å². The van der Waals surface area contributed by atoms with Gasteiger partial charge in [0.2, 0.25) is 0 Å². The Bertz CT molecular complexity index is 795. The van der Waals surface area contributed by atoms with E-state index in [0.717, 1.165) is 0 Å². The molecule has 7 nitrogen and oxygen atoms in total. The highest BCUT2D eigenvalue weighted by molar-refractivity contribution is 6.31. The second-order valence-electron chi connectivity index (χ2n) is 4.82. The van der Waals surface area contributed by atoms with E-state index in [0.29, 0.717) is 22.3 Å². The van der Waals surface area contributed by atoms with Crippen LogP contribution in [0.1, 0.15) is 20.7 Å². The van der Waals surface area contributed by atoms with E-state index in [4.69, 9.17) is 25.8 Å². The number of ether oxygens (including phenoxy) is 3. The molecule has 0 spiro atoms. The van der Waals surface area contributed by atoms with E-state index in [1.165, 1.54) is 33.5 Å². The molecule has 2 amide bonds. The first-order valence-corrected chi connectivity index (χ1v) is 7.54. The fraction of sp³-hybridized carbons (Fsp3) is 0.176. The van der Waals surface area contributed by atoms with Crippen LogP contribution in [0.25, 0.3) is 0 Å². The number of methoxy groups -OCH3 is 3. The third kappa shape index (κ3) is 4.33. The first-order valence-electron chi connectivity index (χ1n) is 7.16. The lowest BCUT2D eigenvalue weighted by Gasteiger charge is -2.12. The van der Waals surface area contributed by atoms with Crippen LogP contribution >= 0.6 is 11.6 Å². The zero-order chi connectivity index (χ0) is 18.4. The maximum atomic E-state index is 12.2.